The zero-order valence-corrected chi connectivity index (χ0v) is 15.1. The summed E-state index contributed by atoms with van der Waals surface area (Å²) in [6.45, 7) is 5.96. The summed E-state index contributed by atoms with van der Waals surface area (Å²) in [6, 6.07) is 4.99. The molecule has 0 bridgehead atoms. The number of aryl methyl sites for hydroxylation is 3. The molecule has 1 aromatic heterocycles. The number of aromatic nitrogens is 3. The summed E-state index contributed by atoms with van der Waals surface area (Å²) in [7, 11) is 0. The Kier molecular flexibility index (Phi) is 3.96. The van der Waals surface area contributed by atoms with Crippen molar-refractivity contribution < 1.29 is 5.11 Å². The second-order valence-corrected chi connectivity index (χ2v) is 7.42. The lowest BCUT2D eigenvalue weighted by molar-refractivity contribution is 0.263. The fourth-order valence-corrected chi connectivity index (χ4v) is 4.28. The second-order valence-electron chi connectivity index (χ2n) is 7.06. The largest absolute Gasteiger partial charge is 0.388 e. The van der Waals surface area contributed by atoms with Gasteiger partial charge in [-0.25, -0.2) is 4.68 Å². The molecule has 0 unspecified atom stereocenters. The molecule has 2 heterocycles. The van der Waals surface area contributed by atoms with Gasteiger partial charge in [-0.2, -0.15) is 5.10 Å². The molecule has 1 saturated carbocycles. The molecule has 24 heavy (non-hydrogen) atoms. The highest BCUT2D eigenvalue weighted by atomic mass is 32.1. The van der Waals surface area contributed by atoms with Gasteiger partial charge in [0.15, 0.2) is 10.6 Å². The molecule has 4 rings (SSSR count). The molecular weight excluding hydrogens is 320 g/mol. The predicted molar refractivity (Wildman–Crippen MR) is 96.8 cm³/mol. The number of anilines is 1. The van der Waals surface area contributed by atoms with Crippen LogP contribution in [0.25, 0.3) is 0 Å². The highest BCUT2D eigenvalue weighted by Gasteiger charge is 2.29. The quantitative estimate of drug-likeness (QED) is 0.865. The van der Waals surface area contributed by atoms with Gasteiger partial charge in [0.25, 0.3) is 0 Å². The van der Waals surface area contributed by atoms with Crippen LogP contribution in [0.1, 0.15) is 47.8 Å². The number of benzene rings is 1. The third-order valence-corrected chi connectivity index (χ3v) is 5.42. The van der Waals surface area contributed by atoms with Crippen LogP contribution in [0.4, 0.5) is 5.69 Å². The van der Waals surface area contributed by atoms with E-state index in [2.05, 4.69) is 36.0 Å². The highest BCUT2D eigenvalue weighted by Crippen LogP contribution is 2.36. The van der Waals surface area contributed by atoms with E-state index in [0.717, 1.165) is 37.0 Å². The summed E-state index contributed by atoms with van der Waals surface area (Å²) in [4.78, 5) is 2.38. The summed E-state index contributed by atoms with van der Waals surface area (Å²) >= 11 is 5.64. The van der Waals surface area contributed by atoms with Gasteiger partial charge in [-0.3, -0.25) is 4.57 Å². The smallest absolute Gasteiger partial charge is 0.199 e. The molecule has 5 nitrogen and oxygen atoms in total. The molecule has 0 atom stereocenters. The predicted octanol–water partition coefficient (Wildman–Crippen LogP) is 3.27. The van der Waals surface area contributed by atoms with Gasteiger partial charge in [-0.15, -0.1) is 0 Å². The molecule has 1 fully saturated rings. The lowest BCUT2D eigenvalue weighted by Gasteiger charge is -2.33. The van der Waals surface area contributed by atoms with E-state index in [0.29, 0.717) is 18.5 Å². The summed E-state index contributed by atoms with van der Waals surface area (Å²) < 4.78 is 4.66. The number of aliphatic hydroxyl groups is 1. The minimum Gasteiger partial charge on any atom is -0.388 e. The monoisotopic (exact) mass is 344 g/mol. The topological polar surface area (TPSA) is 46.2 Å². The Labute approximate surface area is 147 Å². The molecule has 1 aliphatic heterocycles. The maximum atomic E-state index is 9.61. The first-order chi connectivity index (χ1) is 11.6. The lowest BCUT2D eigenvalue weighted by Crippen LogP contribution is -2.32. The Morgan fingerprint density at radius 2 is 2.08 bits per heavy atom. The van der Waals surface area contributed by atoms with Crippen LogP contribution >= 0.6 is 12.2 Å². The minimum atomic E-state index is -0.0536. The van der Waals surface area contributed by atoms with Crippen molar-refractivity contribution in [3.05, 3.63) is 39.4 Å². The number of nitrogens with zero attached hydrogens (tertiary/aromatic N) is 4. The van der Waals surface area contributed by atoms with Gasteiger partial charge in [0, 0.05) is 18.3 Å². The van der Waals surface area contributed by atoms with Gasteiger partial charge in [0.05, 0.1) is 0 Å². The van der Waals surface area contributed by atoms with E-state index in [1.54, 1.807) is 0 Å². The fraction of sp³-hybridized carbons (Fsp3) is 0.556. The zero-order chi connectivity index (χ0) is 16.8. The zero-order valence-electron chi connectivity index (χ0n) is 14.3. The lowest BCUT2D eigenvalue weighted by atomic mass is 9.96. The van der Waals surface area contributed by atoms with Crippen LogP contribution in [0.15, 0.2) is 12.1 Å². The summed E-state index contributed by atoms with van der Waals surface area (Å²) in [5.41, 5.74) is 5.40. The number of fused-ring (bicyclic) bond motifs is 1. The van der Waals surface area contributed by atoms with Crippen LogP contribution in [0.3, 0.4) is 0 Å². The Morgan fingerprint density at radius 3 is 2.79 bits per heavy atom. The maximum absolute atomic E-state index is 9.61. The first kappa shape index (κ1) is 15.8. The molecule has 1 aliphatic carbocycles. The van der Waals surface area contributed by atoms with Crippen molar-refractivity contribution in [2.45, 2.75) is 58.8 Å². The van der Waals surface area contributed by atoms with E-state index in [-0.39, 0.29) is 6.61 Å². The van der Waals surface area contributed by atoms with Crippen LogP contribution in [0.2, 0.25) is 0 Å². The average Bonchev–Trinajstić information content (AvgIpc) is 3.32. The first-order valence-electron chi connectivity index (χ1n) is 8.72. The van der Waals surface area contributed by atoms with Gasteiger partial charge in [0.2, 0.25) is 0 Å². The van der Waals surface area contributed by atoms with Gasteiger partial charge in [-0.1, -0.05) is 17.7 Å². The molecule has 128 valence electrons. The van der Waals surface area contributed by atoms with Crippen molar-refractivity contribution in [3.63, 3.8) is 0 Å². The Hall–Kier alpha value is -1.66. The van der Waals surface area contributed by atoms with Crippen molar-refractivity contribution in [2.24, 2.45) is 0 Å². The molecule has 0 amide bonds. The van der Waals surface area contributed by atoms with Crippen LogP contribution in [0.5, 0.6) is 0 Å². The maximum Gasteiger partial charge on any atom is 0.199 e. The molecular formula is C18H24N4OS. The number of hydrogen-bond acceptors (Lipinski definition) is 4. The van der Waals surface area contributed by atoms with Crippen molar-refractivity contribution in [2.75, 3.05) is 11.4 Å². The van der Waals surface area contributed by atoms with Crippen molar-refractivity contribution in [1.82, 2.24) is 14.3 Å². The molecule has 0 radical (unpaired) electrons. The average molecular weight is 344 g/mol. The van der Waals surface area contributed by atoms with Crippen LogP contribution in [-0.2, 0) is 19.7 Å². The van der Waals surface area contributed by atoms with E-state index in [1.807, 2.05) is 9.25 Å². The van der Waals surface area contributed by atoms with Gasteiger partial charge >= 0.3 is 0 Å². The van der Waals surface area contributed by atoms with Crippen molar-refractivity contribution in [1.29, 1.82) is 0 Å². The standard InChI is InChI=1S/C18H24N4OS/c1-12-8-13(2)17-14(9-12)4-3-7-20(17)11-21-18(24)22(15-5-6-15)16(10-23)19-21/h8-9,15,23H,3-7,10-11H2,1-2H3. The summed E-state index contributed by atoms with van der Waals surface area (Å²) in [5.74, 6) is 0.695. The Morgan fingerprint density at radius 1 is 1.29 bits per heavy atom. The Bertz CT molecular complexity index is 834. The second kappa shape index (κ2) is 6.01. The first-order valence-corrected chi connectivity index (χ1v) is 9.13. The number of rotatable bonds is 4. The molecule has 2 aromatic rings. The molecule has 0 spiro atoms. The summed E-state index contributed by atoms with van der Waals surface area (Å²) in [5, 5.41) is 14.2. The molecule has 2 aliphatic rings. The molecule has 6 heteroatoms. The third-order valence-electron chi connectivity index (χ3n) is 5.01. The SMILES string of the molecule is Cc1cc(C)c2c(c1)CCCN2Cn1nc(CO)n(C2CC2)c1=S. The number of aliphatic hydroxyl groups excluding tert-OH is 1. The summed E-state index contributed by atoms with van der Waals surface area (Å²) in [6.07, 6.45) is 4.56. The van der Waals surface area contributed by atoms with E-state index in [4.69, 9.17) is 12.2 Å². The van der Waals surface area contributed by atoms with E-state index >= 15 is 0 Å². The van der Waals surface area contributed by atoms with Gasteiger partial charge < -0.3 is 10.0 Å². The van der Waals surface area contributed by atoms with Crippen LogP contribution in [0, 0.1) is 18.6 Å². The Balaban J connectivity index is 1.70. The van der Waals surface area contributed by atoms with E-state index in [9.17, 15) is 5.11 Å². The van der Waals surface area contributed by atoms with E-state index < -0.39 is 0 Å². The van der Waals surface area contributed by atoms with Crippen molar-refractivity contribution in [3.8, 4) is 0 Å². The number of hydrogen-bond donors (Lipinski definition) is 1. The fourth-order valence-electron chi connectivity index (χ4n) is 3.93. The van der Waals surface area contributed by atoms with Gasteiger partial charge in [-0.05, 0) is 62.9 Å². The van der Waals surface area contributed by atoms with Crippen LogP contribution < -0.4 is 4.90 Å². The minimum absolute atomic E-state index is 0.0536. The normalized spacial score (nSPS) is 17.2. The highest BCUT2D eigenvalue weighted by molar-refractivity contribution is 7.71. The molecule has 1 aromatic carbocycles. The molecule has 1 N–H and O–H groups in total. The third kappa shape index (κ3) is 2.67. The van der Waals surface area contributed by atoms with Crippen LogP contribution in [-0.4, -0.2) is 26.0 Å². The van der Waals surface area contributed by atoms with Crippen molar-refractivity contribution >= 4 is 17.9 Å². The van der Waals surface area contributed by atoms with E-state index in [1.165, 1.54) is 22.4 Å². The van der Waals surface area contributed by atoms with Gasteiger partial charge in [0.1, 0.15) is 13.3 Å². The molecule has 0 saturated heterocycles.